The third-order valence-electron chi connectivity index (χ3n) is 4.51. The Morgan fingerprint density at radius 1 is 1.21 bits per heavy atom. The molecule has 1 unspecified atom stereocenters. The van der Waals surface area contributed by atoms with Gasteiger partial charge in [0.05, 0.1) is 6.04 Å². The van der Waals surface area contributed by atoms with Crippen molar-refractivity contribution in [3.05, 3.63) is 69.8 Å². The molecule has 0 aliphatic heterocycles. The minimum absolute atomic E-state index is 0.0833. The average Bonchev–Trinajstić information content (AvgIpc) is 3.14. The molecule has 2 aromatic carbocycles. The summed E-state index contributed by atoms with van der Waals surface area (Å²) in [4.78, 5) is 18.4. The highest BCUT2D eigenvalue weighted by atomic mass is 35.5. The van der Waals surface area contributed by atoms with Gasteiger partial charge in [0, 0.05) is 35.5 Å². The summed E-state index contributed by atoms with van der Waals surface area (Å²) in [7, 11) is 1.72. The molecule has 0 radical (unpaired) electrons. The maximum atomic E-state index is 13.0. The zero-order valence-electron chi connectivity index (χ0n) is 15.3. The van der Waals surface area contributed by atoms with E-state index < -0.39 is 0 Å². The molecule has 0 fully saturated rings. The lowest BCUT2D eigenvalue weighted by molar-refractivity contribution is -0.131. The summed E-state index contributed by atoms with van der Waals surface area (Å²) in [6.45, 7) is 1.90. The van der Waals surface area contributed by atoms with Gasteiger partial charge in [0.15, 0.2) is 0 Å². The third-order valence-corrected chi connectivity index (χ3v) is 5.07. The topological polar surface area (TPSA) is 59.2 Å². The number of halogens is 3. The molecular formula is C20H18Cl2FN3O2. The highest BCUT2D eigenvalue weighted by Gasteiger charge is 2.20. The largest absolute Gasteiger partial charge is 0.339 e. The summed E-state index contributed by atoms with van der Waals surface area (Å²) in [6.07, 6.45) is 0.509. The first kappa shape index (κ1) is 20.3. The monoisotopic (exact) mass is 421 g/mol. The zero-order chi connectivity index (χ0) is 20.3. The first-order chi connectivity index (χ1) is 13.3. The zero-order valence-corrected chi connectivity index (χ0v) is 16.8. The van der Waals surface area contributed by atoms with Crippen molar-refractivity contribution in [3.63, 3.8) is 0 Å². The van der Waals surface area contributed by atoms with Gasteiger partial charge < -0.3 is 9.42 Å². The van der Waals surface area contributed by atoms with Gasteiger partial charge in [0.2, 0.25) is 17.6 Å². The Kier molecular flexibility index (Phi) is 6.31. The van der Waals surface area contributed by atoms with Crippen LogP contribution in [-0.4, -0.2) is 28.0 Å². The standard InChI is InChI=1S/C20H18Cl2FN3O2/c1-12(16-8-5-14(21)11-17(16)22)26(2)19(27)10-9-18-24-20(25-28-18)13-3-6-15(23)7-4-13/h3-8,11-12H,9-10H2,1-2H3. The van der Waals surface area contributed by atoms with Crippen LogP contribution in [0.2, 0.25) is 10.0 Å². The van der Waals surface area contributed by atoms with Gasteiger partial charge in [-0.25, -0.2) is 4.39 Å². The molecule has 1 heterocycles. The number of carbonyl (C=O) groups is 1. The maximum Gasteiger partial charge on any atom is 0.227 e. The first-order valence-corrected chi connectivity index (χ1v) is 9.40. The molecule has 0 N–H and O–H groups in total. The number of carbonyl (C=O) groups excluding carboxylic acids is 1. The number of nitrogens with zero attached hydrogens (tertiary/aromatic N) is 3. The van der Waals surface area contributed by atoms with E-state index in [0.717, 1.165) is 5.56 Å². The van der Waals surface area contributed by atoms with E-state index in [1.54, 1.807) is 36.2 Å². The van der Waals surface area contributed by atoms with Crippen LogP contribution in [0.25, 0.3) is 11.4 Å². The van der Waals surface area contributed by atoms with Crippen molar-refractivity contribution in [1.82, 2.24) is 15.0 Å². The van der Waals surface area contributed by atoms with Crippen molar-refractivity contribution < 1.29 is 13.7 Å². The summed E-state index contributed by atoms with van der Waals surface area (Å²) < 4.78 is 18.2. The molecule has 3 rings (SSSR count). The molecule has 28 heavy (non-hydrogen) atoms. The predicted molar refractivity (Wildman–Crippen MR) is 106 cm³/mol. The van der Waals surface area contributed by atoms with Gasteiger partial charge in [-0.05, 0) is 48.9 Å². The molecule has 8 heteroatoms. The summed E-state index contributed by atoms with van der Waals surface area (Å²) in [5, 5.41) is 4.94. The Bertz CT molecular complexity index is 976. The summed E-state index contributed by atoms with van der Waals surface area (Å²) in [6, 6.07) is 10.8. The molecule has 0 saturated carbocycles. The fraction of sp³-hybridized carbons (Fsp3) is 0.250. The molecule has 3 aromatic rings. The van der Waals surface area contributed by atoms with Crippen molar-refractivity contribution in [3.8, 4) is 11.4 Å². The molecule has 1 aromatic heterocycles. The van der Waals surface area contributed by atoms with Gasteiger partial charge >= 0.3 is 0 Å². The quantitative estimate of drug-likeness (QED) is 0.539. The Morgan fingerprint density at radius 2 is 1.93 bits per heavy atom. The Balaban J connectivity index is 1.61. The van der Waals surface area contributed by atoms with E-state index in [4.69, 9.17) is 27.7 Å². The molecule has 146 valence electrons. The second-order valence-corrected chi connectivity index (χ2v) is 7.21. The lowest BCUT2D eigenvalue weighted by Gasteiger charge is -2.26. The highest BCUT2D eigenvalue weighted by Crippen LogP contribution is 2.29. The fourth-order valence-electron chi connectivity index (χ4n) is 2.73. The van der Waals surface area contributed by atoms with E-state index in [-0.39, 0.29) is 24.2 Å². The molecule has 5 nitrogen and oxygen atoms in total. The Morgan fingerprint density at radius 3 is 2.61 bits per heavy atom. The Labute approximate surface area is 172 Å². The number of benzene rings is 2. The van der Waals surface area contributed by atoms with Crippen LogP contribution >= 0.6 is 23.2 Å². The molecule has 0 spiro atoms. The Hall–Kier alpha value is -2.44. The van der Waals surface area contributed by atoms with Crippen LogP contribution in [0.4, 0.5) is 4.39 Å². The van der Waals surface area contributed by atoms with Gasteiger partial charge in [0.1, 0.15) is 5.82 Å². The SMILES string of the molecule is CC(c1ccc(Cl)cc1Cl)N(C)C(=O)CCc1nc(-c2ccc(F)cc2)no1. The number of hydrogen-bond donors (Lipinski definition) is 0. The second kappa shape index (κ2) is 8.71. The smallest absolute Gasteiger partial charge is 0.227 e. The minimum atomic E-state index is -0.337. The number of amides is 1. The lowest BCUT2D eigenvalue weighted by atomic mass is 10.1. The van der Waals surface area contributed by atoms with Gasteiger partial charge in [-0.3, -0.25) is 4.79 Å². The van der Waals surface area contributed by atoms with Crippen molar-refractivity contribution in [2.75, 3.05) is 7.05 Å². The van der Waals surface area contributed by atoms with Crippen molar-refractivity contribution in [1.29, 1.82) is 0 Å². The van der Waals surface area contributed by atoms with E-state index >= 15 is 0 Å². The van der Waals surface area contributed by atoms with Gasteiger partial charge in [0.25, 0.3) is 0 Å². The van der Waals surface area contributed by atoms with Crippen molar-refractivity contribution >= 4 is 29.1 Å². The van der Waals surface area contributed by atoms with Crippen LogP contribution in [0.3, 0.4) is 0 Å². The third kappa shape index (κ3) is 4.69. The minimum Gasteiger partial charge on any atom is -0.339 e. The van der Waals surface area contributed by atoms with E-state index in [2.05, 4.69) is 10.1 Å². The average molecular weight is 422 g/mol. The summed E-state index contributed by atoms with van der Waals surface area (Å²) >= 11 is 12.2. The second-order valence-electron chi connectivity index (χ2n) is 6.37. The first-order valence-electron chi connectivity index (χ1n) is 8.64. The molecule has 1 amide bonds. The van der Waals surface area contributed by atoms with Crippen LogP contribution < -0.4 is 0 Å². The van der Waals surface area contributed by atoms with Crippen LogP contribution in [0.5, 0.6) is 0 Å². The molecule has 0 bridgehead atoms. The molecule has 0 saturated heterocycles. The van der Waals surface area contributed by atoms with Gasteiger partial charge in [-0.15, -0.1) is 0 Å². The predicted octanol–water partition coefficient (Wildman–Crippen LogP) is 5.33. The van der Waals surface area contributed by atoms with Crippen molar-refractivity contribution in [2.45, 2.75) is 25.8 Å². The van der Waals surface area contributed by atoms with Crippen LogP contribution in [0.15, 0.2) is 47.0 Å². The van der Waals surface area contributed by atoms with E-state index in [1.165, 1.54) is 12.1 Å². The maximum absolute atomic E-state index is 13.0. The van der Waals surface area contributed by atoms with Crippen LogP contribution in [0.1, 0.15) is 30.8 Å². The van der Waals surface area contributed by atoms with Crippen molar-refractivity contribution in [2.24, 2.45) is 0 Å². The number of rotatable bonds is 6. The van der Waals surface area contributed by atoms with Crippen LogP contribution in [-0.2, 0) is 11.2 Å². The van der Waals surface area contributed by atoms with E-state index in [1.807, 2.05) is 13.0 Å². The number of hydrogen-bond acceptors (Lipinski definition) is 4. The number of aryl methyl sites for hydroxylation is 1. The lowest BCUT2D eigenvalue weighted by Crippen LogP contribution is -2.30. The molecular weight excluding hydrogens is 404 g/mol. The molecule has 1 atom stereocenters. The number of aromatic nitrogens is 2. The van der Waals surface area contributed by atoms with Gasteiger partial charge in [-0.1, -0.05) is 34.4 Å². The fourth-order valence-corrected chi connectivity index (χ4v) is 3.29. The molecule has 0 aliphatic rings. The summed E-state index contributed by atoms with van der Waals surface area (Å²) in [5.74, 6) is 0.284. The summed E-state index contributed by atoms with van der Waals surface area (Å²) in [5.41, 5.74) is 1.46. The molecule has 0 aliphatic carbocycles. The van der Waals surface area contributed by atoms with Gasteiger partial charge in [-0.2, -0.15) is 4.98 Å². The van der Waals surface area contributed by atoms with E-state index in [0.29, 0.717) is 33.7 Å². The van der Waals surface area contributed by atoms with Crippen LogP contribution in [0, 0.1) is 5.82 Å². The van der Waals surface area contributed by atoms with E-state index in [9.17, 15) is 9.18 Å². The normalized spacial score (nSPS) is 12.0. The highest BCUT2D eigenvalue weighted by molar-refractivity contribution is 6.35.